The van der Waals surface area contributed by atoms with E-state index in [1.54, 1.807) is 0 Å². The molecule has 3 heteroatoms. The molecule has 3 N–H and O–H groups in total. The van der Waals surface area contributed by atoms with Crippen molar-refractivity contribution in [3.05, 3.63) is 35.4 Å². The molecular weight excluding hydrogens is 228 g/mol. The minimum Gasteiger partial charge on any atom is -0.384 e. The van der Waals surface area contributed by atoms with Crippen molar-refractivity contribution in [2.75, 3.05) is 0 Å². The number of benzene rings is 1. The summed E-state index contributed by atoms with van der Waals surface area (Å²) in [6, 6.07) is 8.01. The van der Waals surface area contributed by atoms with Crippen molar-refractivity contribution in [3.8, 4) is 0 Å². The first-order valence-electron chi connectivity index (χ1n) is 6.31. The summed E-state index contributed by atoms with van der Waals surface area (Å²) in [6.07, 6.45) is 6.87. The molecule has 0 atom stereocenters. The summed E-state index contributed by atoms with van der Waals surface area (Å²) in [6.45, 7) is 0. The minimum atomic E-state index is 0.185. The van der Waals surface area contributed by atoms with Gasteiger partial charge >= 0.3 is 0 Å². The van der Waals surface area contributed by atoms with Crippen LogP contribution in [0.5, 0.6) is 0 Å². The molecule has 0 amide bonds. The number of amidine groups is 1. The molecule has 1 aromatic carbocycles. The van der Waals surface area contributed by atoms with Gasteiger partial charge in [0, 0.05) is 16.6 Å². The van der Waals surface area contributed by atoms with Crippen molar-refractivity contribution in [3.63, 3.8) is 0 Å². The quantitative estimate of drug-likeness (QED) is 0.632. The third-order valence-corrected chi connectivity index (χ3v) is 4.75. The van der Waals surface area contributed by atoms with E-state index >= 15 is 0 Å². The Hall–Kier alpha value is -0.960. The van der Waals surface area contributed by atoms with Crippen LogP contribution in [0.4, 0.5) is 0 Å². The van der Waals surface area contributed by atoms with E-state index in [0.29, 0.717) is 0 Å². The van der Waals surface area contributed by atoms with Gasteiger partial charge in [-0.3, -0.25) is 5.41 Å². The van der Waals surface area contributed by atoms with E-state index in [2.05, 4.69) is 6.07 Å². The highest BCUT2D eigenvalue weighted by Crippen LogP contribution is 2.31. The number of nitrogens with two attached hydrogens (primary N) is 1. The predicted molar refractivity (Wildman–Crippen MR) is 75.6 cm³/mol. The van der Waals surface area contributed by atoms with Gasteiger partial charge in [-0.1, -0.05) is 43.5 Å². The number of nitrogens with one attached hydrogen (secondary N) is 1. The molecule has 0 unspecified atom stereocenters. The summed E-state index contributed by atoms with van der Waals surface area (Å²) >= 11 is 2.03. The van der Waals surface area contributed by atoms with Crippen LogP contribution in [0.25, 0.3) is 0 Å². The van der Waals surface area contributed by atoms with Crippen LogP contribution in [0.15, 0.2) is 24.3 Å². The fourth-order valence-corrected chi connectivity index (χ4v) is 3.68. The molecule has 2 nitrogen and oxygen atoms in total. The topological polar surface area (TPSA) is 49.9 Å². The largest absolute Gasteiger partial charge is 0.384 e. The zero-order chi connectivity index (χ0) is 12.1. The van der Waals surface area contributed by atoms with Gasteiger partial charge in [0.1, 0.15) is 5.84 Å². The highest BCUT2D eigenvalue weighted by molar-refractivity contribution is 7.99. The van der Waals surface area contributed by atoms with E-state index < -0.39 is 0 Å². The van der Waals surface area contributed by atoms with E-state index in [9.17, 15) is 0 Å². The SMILES string of the molecule is N=C(N)c1ccccc1CSC1CCCCC1. The summed E-state index contributed by atoms with van der Waals surface area (Å²) in [4.78, 5) is 0. The van der Waals surface area contributed by atoms with Crippen molar-refractivity contribution < 1.29 is 0 Å². The molecule has 0 saturated heterocycles. The van der Waals surface area contributed by atoms with Crippen LogP contribution in [-0.4, -0.2) is 11.1 Å². The number of hydrogen-bond acceptors (Lipinski definition) is 2. The first-order chi connectivity index (χ1) is 8.27. The van der Waals surface area contributed by atoms with Crippen LogP contribution in [0.1, 0.15) is 43.2 Å². The number of thioether (sulfide) groups is 1. The molecule has 1 aromatic rings. The van der Waals surface area contributed by atoms with Crippen molar-refractivity contribution in [2.24, 2.45) is 5.73 Å². The molecule has 0 radical (unpaired) electrons. The molecule has 0 heterocycles. The summed E-state index contributed by atoms with van der Waals surface area (Å²) in [5, 5.41) is 8.38. The monoisotopic (exact) mass is 248 g/mol. The summed E-state index contributed by atoms with van der Waals surface area (Å²) in [5.41, 5.74) is 7.70. The van der Waals surface area contributed by atoms with E-state index in [1.807, 2.05) is 30.0 Å². The molecular formula is C14H20N2S. The minimum absolute atomic E-state index is 0.185. The Kier molecular flexibility index (Phi) is 4.49. The Balaban J connectivity index is 1.96. The van der Waals surface area contributed by atoms with Gasteiger partial charge in [0.05, 0.1) is 0 Å². The number of nitrogen functional groups attached to an aromatic ring is 1. The summed E-state index contributed by atoms with van der Waals surface area (Å²) < 4.78 is 0. The van der Waals surface area contributed by atoms with Crippen LogP contribution < -0.4 is 5.73 Å². The first kappa shape index (κ1) is 12.5. The predicted octanol–water partition coefficient (Wildman–Crippen LogP) is 3.54. The molecule has 1 saturated carbocycles. The zero-order valence-corrected chi connectivity index (χ0v) is 10.9. The maximum Gasteiger partial charge on any atom is 0.123 e. The van der Waals surface area contributed by atoms with Gasteiger partial charge in [-0.15, -0.1) is 0 Å². The second-order valence-electron chi connectivity index (χ2n) is 4.64. The van der Waals surface area contributed by atoms with E-state index in [-0.39, 0.29) is 5.84 Å². The highest BCUT2D eigenvalue weighted by atomic mass is 32.2. The van der Waals surface area contributed by atoms with Gasteiger partial charge in [0.2, 0.25) is 0 Å². The van der Waals surface area contributed by atoms with Crippen molar-refractivity contribution in [1.82, 2.24) is 0 Å². The zero-order valence-electron chi connectivity index (χ0n) is 10.1. The molecule has 0 bridgehead atoms. The van der Waals surface area contributed by atoms with Crippen LogP contribution >= 0.6 is 11.8 Å². The maximum atomic E-state index is 7.57. The number of hydrogen-bond donors (Lipinski definition) is 2. The first-order valence-corrected chi connectivity index (χ1v) is 7.36. The third-order valence-electron chi connectivity index (χ3n) is 3.33. The van der Waals surface area contributed by atoms with Gasteiger partial charge in [0.25, 0.3) is 0 Å². The van der Waals surface area contributed by atoms with Crippen LogP contribution in [-0.2, 0) is 5.75 Å². The van der Waals surface area contributed by atoms with Gasteiger partial charge in [-0.05, 0) is 18.4 Å². The van der Waals surface area contributed by atoms with E-state index in [1.165, 1.54) is 37.7 Å². The van der Waals surface area contributed by atoms with Gasteiger partial charge in [-0.2, -0.15) is 11.8 Å². The molecule has 1 aliphatic carbocycles. The summed E-state index contributed by atoms with van der Waals surface area (Å²) in [5.74, 6) is 1.17. The molecule has 0 spiro atoms. The molecule has 2 rings (SSSR count). The lowest BCUT2D eigenvalue weighted by Gasteiger charge is -2.21. The smallest absolute Gasteiger partial charge is 0.123 e. The van der Waals surface area contributed by atoms with E-state index in [4.69, 9.17) is 11.1 Å². The van der Waals surface area contributed by atoms with Crippen LogP contribution in [0.3, 0.4) is 0 Å². The second kappa shape index (κ2) is 6.10. The van der Waals surface area contributed by atoms with E-state index in [0.717, 1.165) is 16.6 Å². The highest BCUT2D eigenvalue weighted by Gasteiger charge is 2.14. The second-order valence-corrected chi connectivity index (χ2v) is 5.93. The van der Waals surface area contributed by atoms with Gasteiger partial charge < -0.3 is 5.73 Å². The van der Waals surface area contributed by atoms with Crippen molar-refractivity contribution in [2.45, 2.75) is 43.1 Å². The fraction of sp³-hybridized carbons (Fsp3) is 0.500. The molecule has 92 valence electrons. The molecule has 0 aromatic heterocycles. The van der Waals surface area contributed by atoms with Crippen molar-refractivity contribution in [1.29, 1.82) is 5.41 Å². The van der Waals surface area contributed by atoms with Crippen molar-refractivity contribution >= 4 is 17.6 Å². The Morgan fingerprint density at radius 3 is 2.65 bits per heavy atom. The lowest BCUT2D eigenvalue weighted by atomic mass is 10.0. The lowest BCUT2D eigenvalue weighted by Crippen LogP contribution is -2.14. The normalized spacial score (nSPS) is 16.9. The Morgan fingerprint density at radius 2 is 1.94 bits per heavy atom. The Bertz CT molecular complexity index is 384. The Labute approximate surface area is 107 Å². The standard InChI is InChI=1S/C14H20N2S/c15-14(16)13-9-5-4-6-11(13)10-17-12-7-2-1-3-8-12/h4-6,9,12H,1-3,7-8,10H2,(H3,15,16). The Morgan fingerprint density at radius 1 is 1.24 bits per heavy atom. The van der Waals surface area contributed by atoms with Gasteiger partial charge in [-0.25, -0.2) is 0 Å². The lowest BCUT2D eigenvalue weighted by molar-refractivity contribution is 0.516. The van der Waals surface area contributed by atoms with Crippen LogP contribution in [0, 0.1) is 5.41 Å². The van der Waals surface area contributed by atoms with Crippen LogP contribution in [0.2, 0.25) is 0 Å². The summed E-state index contributed by atoms with van der Waals surface area (Å²) in [7, 11) is 0. The fourth-order valence-electron chi connectivity index (χ4n) is 2.35. The molecule has 1 fully saturated rings. The third kappa shape index (κ3) is 3.50. The number of rotatable bonds is 4. The molecule has 1 aliphatic rings. The van der Waals surface area contributed by atoms with Gasteiger partial charge in [0.15, 0.2) is 0 Å². The average molecular weight is 248 g/mol. The average Bonchev–Trinajstić information content (AvgIpc) is 2.38. The maximum absolute atomic E-state index is 7.57. The molecule has 17 heavy (non-hydrogen) atoms. The molecule has 0 aliphatic heterocycles.